The molecule has 8 heteroatoms. The fourth-order valence-corrected chi connectivity index (χ4v) is 3.53. The van der Waals surface area contributed by atoms with E-state index >= 15 is 0 Å². The maximum Gasteiger partial charge on any atom is 0.227 e. The van der Waals surface area contributed by atoms with Gasteiger partial charge in [-0.2, -0.15) is 0 Å². The monoisotopic (exact) mass is 560 g/mol. The van der Waals surface area contributed by atoms with E-state index in [-0.39, 0.29) is 35.7 Å². The van der Waals surface area contributed by atoms with Crippen LogP contribution in [-0.2, 0) is 17.9 Å². The normalized spacial score (nSPS) is 14.0. The zero-order valence-corrected chi connectivity index (χ0v) is 19.5. The summed E-state index contributed by atoms with van der Waals surface area (Å²) in [5, 5.41) is 6.41. The van der Waals surface area contributed by atoms with Crippen LogP contribution in [0.5, 0.6) is 0 Å². The molecule has 0 unspecified atom stereocenters. The molecule has 1 fully saturated rings. The largest absolute Gasteiger partial charge is 0.352 e. The Hall–Kier alpha value is -1.68. The van der Waals surface area contributed by atoms with Gasteiger partial charge in [-0.3, -0.25) is 9.79 Å². The average molecular weight is 561 g/mol. The minimum absolute atomic E-state index is 0. The summed E-state index contributed by atoms with van der Waals surface area (Å²) in [7, 11) is 1.69. The molecule has 1 aliphatic heterocycles. The Morgan fingerprint density at radius 2 is 1.82 bits per heavy atom. The van der Waals surface area contributed by atoms with Crippen molar-refractivity contribution < 1.29 is 9.18 Å². The van der Waals surface area contributed by atoms with Crippen LogP contribution in [0.25, 0.3) is 0 Å². The highest BCUT2D eigenvalue weighted by Gasteiger charge is 2.21. The minimum Gasteiger partial charge on any atom is -0.352 e. The van der Waals surface area contributed by atoms with Crippen molar-refractivity contribution in [3.8, 4) is 0 Å². The molecule has 0 radical (unpaired) electrons. The Balaban J connectivity index is 0.00000280. The van der Waals surface area contributed by atoms with Crippen molar-refractivity contribution in [3.05, 3.63) is 63.9 Å². The number of amides is 1. The molecule has 0 atom stereocenters. The van der Waals surface area contributed by atoms with Crippen LogP contribution in [-0.4, -0.2) is 25.5 Å². The molecule has 0 aliphatic carbocycles. The topological polar surface area (TPSA) is 56.7 Å². The van der Waals surface area contributed by atoms with Gasteiger partial charge in [-0.1, -0.05) is 28.1 Å². The summed E-state index contributed by atoms with van der Waals surface area (Å²) in [6.07, 6.45) is 1.55. The molecule has 0 bridgehead atoms. The maximum absolute atomic E-state index is 13.4. The molecule has 2 aromatic rings. The van der Waals surface area contributed by atoms with Gasteiger partial charge >= 0.3 is 0 Å². The quantitative estimate of drug-likeness (QED) is 0.327. The van der Waals surface area contributed by atoms with Crippen LogP contribution in [0, 0.1) is 5.82 Å². The lowest BCUT2D eigenvalue weighted by atomic mass is 10.2. The Morgan fingerprint density at radius 3 is 2.39 bits per heavy atom. The van der Waals surface area contributed by atoms with Gasteiger partial charge in [-0.05, 0) is 47.9 Å². The van der Waals surface area contributed by atoms with Crippen LogP contribution in [0.4, 0.5) is 10.1 Å². The molecule has 2 N–H and O–H groups in total. The van der Waals surface area contributed by atoms with Crippen molar-refractivity contribution in [1.29, 1.82) is 0 Å². The molecule has 0 spiro atoms. The lowest BCUT2D eigenvalue weighted by Crippen LogP contribution is -2.36. The van der Waals surface area contributed by atoms with E-state index in [1.807, 2.05) is 35.2 Å². The first kappa shape index (κ1) is 22.6. The van der Waals surface area contributed by atoms with Crippen LogP contribution in [0.15, 0.2) is 51.9 Å². The number of aliphatic imine (C=N–C) groups is 1. The van der Waals surface area contributed by atoms with Crippen LogP contribution >= 0.6 is 39.9 Å². The number of carbonyl (C=O) groups is 1. The highest BCUT2D eigenvalue weighted by Crippen LogP contribution is 2.21. The SMILES string of the molecule is CN=C(NCc1ccc(N2CCCC2=O)cc1)NCc1cc(F)cc(Br)c1.I. The van der Waals surface area contributed by atoms with Crippen LogP contribution in [0.2, 0.25) is 0 Å². The summed E-state index contributed by atoms with van der Waals surface area (Å²) in [6.45, 7) is 1.86. The van der Waals surface area contributed by atoms with E-state index < -0.39 is 0 Å². The zero-order chi connectivity index (χ0) is 19.2. The zero-order valence-electron chi connectivity index (χ0n) is 15.5. The second-order valence-electron chi connectivity index (χ2n) is 6.37. The van der Waals surface area contributed by atoms with E-state index in [1.54, 1.807) is 7.05 Å². The summed E-state index contributed by atoms with van der Waals surface area (Å²) in [5.74, 6) is 0.546. The summed E-state index contributed by atoms with van der Waals surface area (Å²) < 4.78 is 14.2. The maximum atomic E-state index is 13.4. The second kappa shape index (κ2) is 10.8. The first-order valence-corrected chi connectivity index (χ1v) is 9.63. The fourth-order valence-electron chi connectivity index (χ4n) is 3.02. The molecule has 3 rings (SSSR count). The van der Waals surface area contributed by atoms with Gasteiger partial charge in [0.2, 0.25) is 5.91 Å². The molecule has 0 aromatic heterocycles. The van der Waals surface area contributed by atoms with Gasteiger partial charge in [0.25, 0.3) is 0 Å². The lowest BCUT2D eigenvalue weighted by molar-refractivity contribution is -0.117. The highest BCUT2D eigenvalue weighted by molar-refractivity contribution is 14.0. The molecule has 28 heavy (non-hydrogen) atoms. The molecule has 150 valence electrons. The van der Waals surface area contributed by atoms with Crippen LogP contribution in [0.3, 0.4) is 0 Å². The van der Waals surface area contributed by atoms with Crippen molar-refractivity contribution in [2.45, 2.75) is 25.9 Å². The van der Waals surface area contributed by atoms with Gasteiger partial charge in [0, 0.05) is 43.3 Å². The molecule has 1 amide bonds. The van der Waals surface area contributed by atoms with E-state index in [9.17, 15) is 9.18 Å². The summed E-state index contributed by atoms with van der Waals surface area (Å²) in [4.78, 5) is 17.8. The summed E-state index contributed by atoms with van der Waals surface area (Å²) >= 11 is 3.29. The number of nitrogens with zero attached hydrogens (tertiary/aromatic N) is 2. The smallest absolute Gasteiger partial charge is 0.227 e. The molecule has 5 nitrogen and oxygen atoms in total. The Kier molecular flexibility index (Phi) is 8.68. The Bertz CT molecular complexity index is 824. The van der Waals surface area contributed by atoms with Crippen molar-refractivity contribution in [1.82, 2.24) is 10.6 Å². The molecular weight excluding hydrogens is 538 g/mol. The molecular formula is C20H23BrFIN4O. The predicted molar refractivity (Wildman–Crippen MR) is 125 cm³/mol. The summed E-state index contributed by atoms with van der Waals surface area (Å²) in [5.41, 5.74) is 2.85. The number of guanidine groups is 1. The molecule has 2 aromatic carbocycles. The highest BCUT2D eigenvalue weighted by atomic mass is 127. The van der Waals surface area contributed by atoms with Gasteiger partial charge in [-0.15, -0.1) is 24.0 Å². The first-order chi connectivity index (χ1) is 13.0. The van der Waals surface area contributed by atoms with Gasteiger partial charge in [-0.25, -0.2) is 4.39 Å². The third-order valence-corrected chi connectivity index (χ3v) is 4.85. The molecule has 0 saturated carbocycles. The predicted octanol–water partition coefficient (Wildman–Crippen LogP) is 4.20. The van der Waals surface area contributed by atoms with Gasteiger partial charge < -0.3 is 15.5 Å². The number of benzene rings is 2. The van der Waals surface area contributed by atoms with E-state index in [0.717, 1.165) is 29.8 Å². The van der Waals surface area contributed by atoms with Crippen molar-refractivity contribution in [2.24, 2.45) is 4.99 Å². The third kappa shape index (κ3) is 6.16. The average Bonchev–Trinajstić information content (AvgIpc) is 3.07. The number of hydrogen-bond acceptors (Lipinski definition) is 2. The van der Waals surface area contributed by atoms with E-state index in [0.29, 0.717) is 29.9 Å². The number of anilines is 1. The van der Waals surface area contributed by atoms with E-state index in [1.165, 1.54) is 12.1 Å². The minimum atomic E-state index is -0.277. The lowest BCUT2D eigenvalue weighted by Gasteiger charge is -2.16. The first-order valence-electron chi connectivity index (χ1n) is 8.84. The van der Waals surface area contributed by atoms with Gasteiger partial charge in [0.15, 0.2) is 5.96 Å². The summed E-state index contributed by atoms with van der Waals surface area (Å²) in [6, 6.07) is 12.7. The standard InChI is InChI=1S/C20H22BrFN4O.HI/c1-23-20(25-13-15-9-16(21)11-17(22)10-15)24-12-14-4-6-18(7-5-14)26-8-2-3-19(26)27;/h4-7,9-11H,2-3,8,12-13H2,1H3,(H2,23,24,25);1H. The molecule has 1 aliphatic rings. The number of halogens is 3. The molecule has 1 heterocycles. The van der Waals surface area contributed by atoms with Crippen molar-refractivity contribution in [3.63, 3.8) is 0 Å². The Morgan fingerprint density at radius 1 is 1.14 bits per heavy atom. The van der Waals surface area contributed by atoms with Crippen molar-refractivity contribution in [2.75, 3.05) is 18.5 Å². The number of rotatable bonds is 5. The second-order valence-corrected chi connectivity index (χ2v) is 7.29. The van der Waals surface area contributed by atoms with Gasteiger partial charge in [0.1, 0.15) is 5.82 Å². The van der Waals surface area contributed by atoms with Gasteiger partial charge in [0.05, 0.1) is 0 Å². The van der Waals surface area contributed by atoms with E-state index in [4.69, 9.17) is 0 Å². The van der Waals surface area contributed by atoms with Crippen LogP contribution < -0.4 is 15.5 Å². The number of hydrogen-bond donors (Lipinski definition) is 2. The van der Waals surface area contributed by atoms with Crippen molar-refractivity contribution >= 4 is 57.5 Å². The van der Waals surface area contributed by atoms with E-state index in [2.05, 4.69) is 31.6 Å². The van der Waals surface area contributed by atoms with Crippen LogP contribution in [0.1, 0.15) is 24.0 Å². The Labute approximate surface area is 189 Å². The number of carbonyl (C=O) groups excluding carboxylic acids is 1. The third-order valence-electron chi connectivity index (χ3n) is 4.39. The fraction of sp³-hybridized carbons (Fsp3) is 0.300. The number of nitrogens with one attached hydrogen (secondary N) is 2. The molecule has 1 saturated heterocycles.